The van der Waals surface area contributed by atoms with Gasteiger partial charge in [0, 0.05) is 5.39 Å². The second-order valence-electron chi connectivity index (χ2n) is 3.93. The van der Waals surface area contributed by atoms with E-state index in [0.29, 0.717) is 0 Å². The fraction of sp³-hybridized carbons (Fsp3) is 0. The number of phenolic OH excluding ortho intramolecular Hbond substituents is 1. The van der Waals surface area contributed by atoms with Gasteiger partial charge in [-0.15, -0.1) is 0 Å². The molecule has 0 saturated carbocycles. The average molecular weight is 259 g/mol. The third-order valence-corrected chi connectivity index (χ3v) is 2.94. The highest BCUT2D eigenvalue weighted by Crippen LogP contribution is 2.43. The average Bonchev–Trinajstić information content (AvgIpc) is 2.65. The molecule has 1 aliphatic heterocycles. The molecule has 19 heavy (non-hydrogen) atoms. The van der Waals surface area contributed by atoms with Crippen molar-refractivity contribution in [2.24, 2.45) is 0 Å². The molecule has 94 valence electrons. The first-order valence-electron chi connectivity index (χ1n) is 5.21. The predicted octanol–water partition coefficient (Wildman–Crippen LogP) is 1.76. The Kier molecular flexibility index (Phi) is 2.06. The number of carbonyl (C=O) groups excluding carboxylic acids is 2. The van der Waals surface area contributed by atoms with Crippen LogP contribution >= 0.6 is 0 Å². The number of benzene rings is 2. The van der Waals surface area contributed by atoms with E-state index in [0.717, 1.165) is 0 Å². The fourth-order valence-corrected chi connectivity index (χ4v) is 2.19. The largest absolute Gasteiger partial charge is 0.501 e. The first kappa shape index (κ1) is 11.1. The van der Waals surface area contributed by atoms with Crippen molar-refractivity contribution in [3.63, 3.8) is 0 Å². The summed E-state index contributed by atoms with van der Waals surface area (Å²) in [6.45, 7) is 0. The van der Waals surface area contributed by atoms with Crippen LogP contribution in [0.5, 0.6) is 5.75 Å². The standard InChI is InChI=1S/C12H5NO6/c14-10-8-7(11(15)19-12(8)16)5-3-1-2-4-6(5)9(10)13(17)18/h1-4,14H. The number of ether oxygens (including phenoxy) is 1. The lowest BCUT2D eigenvalue weighted by atomic mass is 9.97. The van der Waals surface area contributed by atoms with Crippen molar-refractivity contribution in [3.05, 3.63) is 45.5 Å². The molecule has 1 N–H and O–H groups in total. The number of carbonyl (C=O) groups is 2. The molecule has 0 fully saturated rings. The van der Waals surface area contributed by atoms with E-state index in [9.17, 15) is 24.8 Å². The number of nitro benzene ring substituents is 1. The van der Waals surface area contributed by atoms with Gasteiger partial charge in [-0.2, -0.15) is 0 Å². The number of phenols is 1. The van der Waals surface area contributed by atoms with Crippen LogP contribution in [0.1, 0.15) is 20.7 Å². The number of rotatable bonds is 1. The maximum absolute atomic E-state index is 11.6. The lowest BCUT2D eigenvalue weighted by molar-refractivity contribution is -0.384. The first-order valence-corrected chi connectivity index (χ1v) is 5.21. The van der Waals surface area contributed by atoms with Gasteiger partial charge in [-0.3, -0.25) is 10.1 Å². The monoisotopic (exact) mass is 259 g/mol. The summed E-state index contributed by atoms with van der Waals surface area (Å²) in [6, 6.07) is 5.95. The predicted molar refractivity (Wildman–Crippen MR) is 62.0 cm³/mol. The van der Waals surface area contributed by atoms with Gasteiger partial charge in [0.15, 0.2) is 0 Å². The molecule has 0 radical (unpaired) electrons. The van der Waals surface area contributed by atoms with Gasteiger partial charge in [0.05, 0.1) is 15.9 Å². The number of nitro groups is 1. The van der Waals surface area contributed by atoms with Crippen molar-refractivity contribution < 1.29 is 24.4 Å². The molecule has 2 aromatic rings. The van der Waals surface area contributed by atoms with Crippen molar-refractivity contribution in [2.75, 3.05) is 0 Å². The van der Waals surface area contributed by atoms with Gasteiger partial charge in [-0.05, 0) is 6.07 Å². The number of cyclic esters (lactones) is 2. The maximum Gasteiger partial charge on any atom is 0.351 e. The summed E-state index contributed by atoms with van der Waals surface area (Å²) in [5.74, 6) is -2.83. The van der Waals surface area contributed by atoms with Crippen LogP contribution in [-0.2, 0) is 4.74 Å². The summed E-state index contributed by atoms with van der Waals surface area (Å²) >= 11 is 0. The molecule has 1 heterocycles. The Morgan fingerprint density at radius 2 is 1.63 bits per heavy atom. The maximum atomic E-state index is 11.6. The number of fused-ring (bicyclic) bond motifs is 3. The van der Waals surface area contributed by atoms with E-state index in [-0.39, 0.29) is 16.3 Å². The minimum absolute atomic E-state index is 0.0791. The zero-order valence-corrected chi connectivity index (χ0v) is 9.25. The quantitative estimate of drug-likeness (QED) is 0.362. The minimum atomic E-state index is -1.08. The molecule has 3 rings (SSSR count). The van der Waals surface area contributed by atoms with Crippen LogP contribution in [0.4, 0.5) is 5.69 Å². The third kappa shape index (κ3) is 1.32. The Morgan fingerprint density at radius 1 is 1.05 bits per heavy atom. The molecule has 0 bridgehead atoms. The Balaban J connectivity index is 2.60. The van der Waals surface area contributed by atoms with Gasteiger partial charge < -0.3 is 9.84 Å². The van der Waals surface area contributed by atoms with Gasteiger partial charge in [0.1, 0.15) is 5.56 Å². The second-order valence-corrected chi connectivity index (χ2v) is 3.93. The summed E-state index contributed by atoms with van der Waals surface area (Å²) < 4.78 is 4.39. The molecule has 0 atom stereocenters. The Morgan fingerprint density at radius 3 is 2.26 bits per heavy atom. The number of aromatic hydroxyl groups is 1. The zero-order valence-electron chi connectivity index (χ0n) is 9.25. The molecule has 0 saturated heterocycles. The number of nitrogens with zero attached hydrogens (tertiary/aromatic N) is 1. The zero-order chi connectivity index (χ0) is 13.7. The number of hydrogen-bond donors (Lipinski definition) is 1. The normalized spacial score (nSPS) is 13.5. The molecule has 1 aliphatic rings. The smallest absolute Gasteiger partial charge is 0.351 e. The highest BCUT2D eigenvalue weighted by Gasteiger charge is 2.39. The molecule has 2 aromatic carbocycles. The molecule has 7 heteroatoms. The lowest BCUT2D eigenvalue weighted by Gasteiger charge is -2.05. The topological polar surface area (TPSA) is 107 Å². The first-order chi connectivity index (χ1) is 9.02. The lowest BCUT2D eigenvalue weighted by Crippen LogP contribution is -1.99. The molecule has 0 amide bonds. The van der Waals surface area contributed by atoms with Crippen LogP contribution in [0, 0.1) is 10.1 Å². The second kappa shape index (κ2) is 3.52. The minimum Gasteiger partial charge on any atom is -0.501 e. The summed E-state index contributed by atoms with van der Waals surface area (Å²) in [6.07, 6.45) is 0. The van der Waals surface area contributed by atoms with E-state index in [2.05, 4.69) is 4.74 Å². The van der Waals surface area contributed by atoms with Crippen LogP contribution in [0.25, 0.3) is 10.8 Å². The van der Waals surface area contributed by atoms with Crippen LogP contribution < -0.4 is 0 Å². The van der Waals surface area contributed by atoms with Crippen molar-refractivity contribution in [3.8, 4) is 5.75 Å². The van der Waals surface area contributed by atoms with E-state index in [1.165, 1.54) is 18.2 Å². The van der Waals surface area contributed by atoms with E-state index >= 15 is 0 Å². The van der Waals surface area contributed by atoms with Crippen LogP contribution in [-0.4, -0.2) is 22.0 Å². The number of esters is 2. The molecular formula is C12H5NO6. The van der Waals surface area contributed by atoms with Crippen molar-refractivity contribution in [2.45, 2.75) is 0 Å². The van der Waals surface area contributed by atoms with E-state index in [4.69, 9.17) is 0 Å². The van der Waals surface area contributed by atoms with Crippen molar-refractivity contribution in [1.82, 2.24) is 0 Å². The van der Waals surface area contributed by atoms with Crippen LogP contribution in [0.2, 0.25) is 0 Å². The Bertz CT molecular complexity index is 779. The Labute approximate surface area is 105 Å². The molecular weight excluding hydrogens is 254 g/mol. The Hall–Kier alpha value is -2.96. The van der Waals surface area contributed by atoms with Crippen molar-refractivity contribution in [1.29, 1.82) is 0 Å². The van der Waals surface area contributed by atoms with E-state index < -0.39 is 33.9 Å². The molecule has 0 spiro atoms. The van der Waals surface area contributed by atoms with Gasteiger partial charge >= 0.3 is 17.6 Å². The summed E-state index contributed by atoms with van der Waals surface area (Å²) in [5.41, 5.74) is -1.19. The summed E-state index contributed by atoms with van der Waals surface area (Å²) in [7, 11) is 0. The van der Waals surface area contributed by atoms with Gasteiger partial charge in [-0.25, -0.2) is 9.59 Å². The summed E-state index contributed by atoms with van der Waals surface area (Å²) in [4.78, 5) is 33.3. The van der Waals surface area contributed by atoms with Crippen LogP contribution in [0.15, 0.2) is 24.3 Å². The van der Waals surface area contributed by atoms with Gasteiger partial charge in [0.25, 0.3) is 0 Å². The van der Waals surface area contributed by atoms with Crippen molar-refractivity contribution >= 4 is 28.4 Å². The highest BCUT2D eigenvalue weighted by molar-refractivity contribution is 6.24. The fourth-order valence-electron chi connectivity index (χ4n) is 2.19. The van der Waals surface area contributed by atoms with Crippen LogP contribution in [0.3, 0.4) is 0 Å². The van der Waals surface area contributed by atoms with Gasteiger partial charge in [0.2, 0.25) is 5.75 Å². The summed E-state index contributed by atoms with van der Waals surface area (Å²) in [5, 5.41) is 21.2. The van der Waals surface area contributed by atoms with E-state index in [1.54, 1.807) is 6.07 Å². The highest BCUT2D eigenvalue weighted by atomic mass is 16.6. The third-order valence-electron chi connectivity index (χ3n) is 2.94. The molecule has 7 nitrogen and oxygen atoms in total. The molecule has 0 aromatic heterocycles. The SMILES string of the molecule is O=C1OC(=O)c2c1c(O)c([N+](=O)[O-])c1ccccc21. The van der Waals surface area contributed by atoms with E-state index in [1.807, 2.05) is 0 Å². The molecule has 0 aliphatic carbocycles. The number of hydrogen-bond acceptors (Lipinski definition) is 6. The molecule has 0 unspecified atom stereocenters. The van der Waals surface area contributed by atoms with Gasteiger partial charge in [-0.1, -0.05) is 18.2 Å².